The molecule has 0 saturated carbocycles. The van der Waals surface area contributed by atoms with Crippen molar-refractivity contribution in [3.8, 4) is 22.5 Å². The van der Waals surface area contributed by atoms with Gasteiger partial charge in [-0.1, -0.05) is 54.6 Å². The lowest BCUT2D eigenvalue weighted by Gasteiger charge is -2.17. The van der Waals surface area contributed by atoms with Gasteiger partial charge in [0.05, 0.1) is 11.0 Å². The van der Waals surface area contributed by atoms with Crippen LogP contribution in [0.5, 0.6) is 0 Å². The summed E-state index contributed by atoms with van der Waals surface area (Å²) < 4.78 is 31.5. The lowest BCUT2D eigenvalue weighted by molar-refractivity contribution is -0.402. The SMILES string of the molecule is NS(=O)(=O)c1ccccc1-c1c2ccc(=[NH+]c3ccccc3)cc-2oc2cc(Nc3ccccc3)ccc12. The highest BCUT2D eigenvalue weighted by Crippen LogP contribution is 2.42. The average Bonchev–Trinajstić information content (AvgIpc) is 2.92. The van der Waals surface area contributed by atoms with Crippen molar-refractivity contribution in [3.63, 3.8) is 0 Å². The number of sulfonamides is 1. The van der Waals surface area contributed by atoms with Crippen molar-refractivity contribution in [1.29, 1.82) is 0 Å². The highest BCUT2D eigenvalue weighted by molar-refractivity contribution is 7.89. The molecule has 0 aromatic heterocycles. The molecule has 38 heavy (non-hydrogen) atoms. The molecule has 0 atom stereocenters. The van der Waals surface area contributed by atoms with E-state index in [-0.39, 0.29) is 4.90 Å². The number of nitrogens with two attached hydrogens (primary N) is 1. The number of anilines is 2. The van der Waals surface area contributed by atoms with E-state index in [2.05, 4.69) is 10.3 Å². The molecule has 2 aliphatic rings. The lowest BCUT2D eigenvalue weighted by Crippen LogP contribution is -2.70. The van der Waals surface area contributed by atoms with Crippen LogP contribution in [-0.2, 0) is 10.0 Å². The van der Waals surface area contributed by atoms with Gasteiger partial charge in [0.15, 0.2) is 0 Å². The summed E-state index contributed by atoms with van der Waals surface area (Å²) in [5.74, 6) is 0.606. The second-order valence-corrected chi connectivity index (χ2v) is 10.5. The Labute approximate surface area is 220 Å². The minimum absolute atomic E-state index is 0.0618. The van der Waals surface area contributed by atoms with Crippen molar-refractivity contribution in [2.75, 3.05) is 5.32 Å². The highest BCUT2D eigenvalue weighted by atomic mass is 32.2. The van der Waals surface area contributed by atoms with Crippen LogP contribution in [0.1, 0.15) is 0 Å². The summed E-state index contributed by atoms with van der Waals surface area (Å²) in [5.41, 5.74) is 5.38. The Bertz CT molecular complexity index is 1920. The van der Waals surface area contributed by atoms with Crippen LogP contribution in [0.15, 0.2) is 131 Å². The molecule has 186 valence electrons. The van der Waals surface area contributed by atoms with E-state index in [1.54, 1.807) is 12.1 Å². The molecular formula is C31H24N3O3S+. The molecule has 1 aliphatic heterocycles. The number of hydrogen-bond acceptors (Lipinski definition) is 4. The Balaban J connectivity index is 1.62. The number of benzene rings is 5. The van der Waals surface area contributed by atoms with Crippen molar-refractivity contribution in [2.24, 2.45) is 5.14 Å². The van der Waals surface area contributed by atoms with E-state index in [0.29, 0.717) is 16.9 Å². The van der Waals surface area contributed by atoms with Crippen LogP contribution in [0.25, 0.3) is 33.4 Å². The molecule has 0 fully saturated rings. The van der Waals surface area contributed by atoms with E-state index in [9.17, 15) is 8.42 Å². The molecule has 6 rings (SSSR count). The van der Waals surface area contributed by atoms with Gasteiger partial charge < -0.3 is 9.73 Å². The summed E-state index contributed by atoms with van der Waals surface area (Å²) in [6, 6.07) is 38.1. The Morgan fingerprint density at radius 1 is 0.684 bits per heavy atom. The van der Waals surface area contributed by atoms with E-state index in [1.165, 1.54) is 6.07 Å². The molecule has 4 aromatic rings. The van der Waals surface area contributed by atoms with Gasteiger partial charge in [0.2, 0.25) is 21.1 Å². The van der Waals surface area contributed by atoms with Crippen LogP contribution in [0, 0.1) is 0 Å². The van der Waals surface area contributed by atoms with Gasteiger partial charge in [-0.3, -0.25) is 0 Å². The molecule has 0 amide bonds. The first-order valence-corrected chi connectivity index (χ1v) is 13.6. The standard InChI is InChI=1S/C31H23N3O3S/c32-38(35,36)30-14-8-7-13-27(30)31-25-17-15-23(33-21-9-3-1-4-10-21)19-28(25)37-29-20-24(16-18-26(29)31)34-22-11-5-2-6-12-22/h1-20,33H,(H2,32,35,36)/p+1. The van der Waals surface area contributed by atoms with Gasteiger partial charge in [-0.25, -0.2) is 18.5 Å². The first kappa shape index (κ1) is 23.7. The van der Waals surface area contributed by atoms with Crippen molar-refractivity contribution >= 4 is 38.1 Å². The predicted molar refractivity (Wildman–Crippen MR) is 150 cm³/mol. The van der Waals surface area contributed by atoms with Crippen LogP contribution in [-0.4, -0.2) is 8.42 Å². The maximum absolute atomic E-state index is 12.5. The molecular weight excluding hydrogens is 494 g/mol. The molecule has 1 aliphatic carbocycles. The molecule has 7 heteroatoms. The smallest absolute Gasteiger partial charge is 0.238 e. The number of primary sulfonamides is 1. The van der Waals surface area contributed by atoms with Crippen molar-refractivity contribution < 1.29 is 17.8 Å². The monoisotopic (exact) mass is 518 g/mol. The lowest BCUT2D eigenvalue weighted by atomic mass is 9.93. The van der Waals surface area contributed by atoms with Crippen LogP contribution in [0.4, 0.5) is 17.1 Å². The van der Waals surface area contributed by atoms with Gasteiger partial charge >= 0.3 is 0 Å². The van der Waals surface area contributed by atoms with E-state index in [4.69, 9.17) is 9.56 Å². The first-order valence-electron chi connectivity index (χ1n) is 12.1. The number of fused-ring (bicyclic) bond motifs is 2. The van der Waals surface area contributed by atoms with Crippen molar-refractivity contribution in [2.45, 2.75) is 4.90 Å². The Kier molecular flexibility index (Phi) is 5.99. The molecule has 1 heterocycles. The molecule has 0 bridgehead atoms. The van der Waals surface area contributed by atoms with Crippen LogP contribution >= 0.6 is 0 Å². The Morgan fingerprint density at radius 2 is 1.39 bits per heavy atom. The van der Waals surface area contributed by atoms with E-state index < -0.39 is 10.0 Å². The topological polar surface area (TPSA) is 99.3 Å². The maximum Gasteiger partial charge on any atom is 0.238 e. The fourth-order valence-electron chi connectivity index (χ4n) is 4.63. The summed E-state index contributed by atoms with van der Waals surface area (Å²) in [6.07, 6.45) is 0. The molecule has 6 nitrogen and oxygen atoms in total. The summed E-state index contributed by atoms with van der Waals surface area (Å²) >= 11 is 0. The molecule has 0 unspecified atom stereocenters. The molecule has 0 radical (unpaired) electrons. The quantitative estimate of drug-likeness (QED) is 0.283. The molecule has 4 aromatic carbocycles. The zero-order valence-electron chi connectivity index (χ0n) is 20.3. The fraction of sp³-hybridized carbons (Fsp3) is 0. The third kappa shape index (κ3) is 4.68. The minimum atomic E-state index is -3.97. The average molecular weight is 519 g/mol. The predicted octanol–water partition coefficient (Wildman–Crippen LogP) is 4.91. The summed E-state index contributed by atoms with van der Waals surface area (Å²) in [5, 5.41) is 10.6. The largest absolute Gasteiger partial charge is 0.456 e. The number of nitrogens with one attached hydrogen (secondary N) is 2. The third-order valence-electron chi connectivity index (χ3n) is 6.31. The van der Waals surface area contributed by atoms with Gasteiger partial charge in [-0.15, -0.1) is 0 Å². The number of hydrogen-bond donors (Lipinski definition) is 3. The minimum Gasteiger partial charge on any atom is -0.456 e. The van der Waals surface area contributed by atoms with Gasteiger partial charge in [-0.05, 0) is 36.4 Å². The first-order chi connectivity index (χ1) is 18.5. The summed E-state index contributed by atoms with van der Waals surface area (Å²) in [4.78, 5) is 3.46. The fourth-order valence-corrected chi connectivity index (χ4v) is 5.38. The summed E-state index contributed by atoms with van der Waals surface area (Å²) in [6.45, 7) is 0. The number of para-hydroxylation sites is 2. The zero-order chi connectivity index (χ0) is 26.1. The van der Waals surface area contributed by atoms with E-state index in [0.717, 1.165) is 38.9 Å². The zero-order valence-corrected chi connectivity index (χ0v) is 21.1. The Morgan fingerprint density at radius 3 is 2.16 bits per heavy atom. The maximum atomic E-state index is 12.5. The van der Waals surface area contributed by atoms with Crippen molar-refractivity contribution in [1.82, 2.24) is 0 Å². The van der Waals surface area contributed by atoms with E-state index >= 15 is 0 Å². The second-order valence-electron chi connectivity index (χ2n) is 8.92. The molecule has 4 N–H and O–H groups in total. The normalized spacial score (nSPS) is 12.2. The molecule has 0 saturated heterocycles. The van der Waals surface area contributed by atoms with Crippen LogP contribution in [0.2, 0.25) is 0 Å². The van der Waals surface area contributed by atoms with Crippen LogP contribution in [0.3, 0.4) is 0 Å². The summed E-state index contributed by atoms with van der Waals surface area (Å²) in [7, 11) is -3.97. The third-order valence-corrected chi connectivity index (χ3v) is 7.28. The van der Waals surface area contributed by atoms with Crippen molar-refractivity contribution in [3.05, 3.63) is 127 Å². The van der Waals surface area contributed by atoms with Gasteiger partial charge in [0.25, 0.3) is 0 Å². The van der Waals surface area contributed by atoms with Gasteiger partial charge in [-0.2, -0.15) is 0 Å². The number of rotatable bonds is 5. The van der Waals surface area contributed by atoms with E-state index in [1.807, 2.05) is 103 Å². The highest BCUT2D eigenvalue weighted by Gasteiger charge is 2.23. The van der Waals surface area contributed by atoms with Crippen LogP contribution < -0.4 is 20.8 Å². The Hall–Kier alpha value is -4.72. The van der Waals surface area contributed by atoms with Gasteiger partial charge in [0, 0.05) is 57.7 Å². The second kappa shape index (κ2) is 9.63. The molecule has 0 spiro atoms. The van der Waals surface area contributed by atoms with Gasteiger partial charge in [0.1, 0.15) is 11.3 Å².